The van der Waals surface area contributed by atoms with Crippen LogP contribution in [0.3, 0.4) is 0 Å². The van der Waals surface area contributed by atoms with Crippen LogP contribution in [0, 0.1) is 0 Å². The van der Waals surface area contributed by atoms with Gasteiger partial charge in [0.15, 0.2) is 0 Å². The van der Waals surface area contributed by atoms with E-state index < -0.39 is 0 Å². The number of hydrogen-bond donors (Lipinski definition) is 0. The maximum Gasteiger partial charge on any atom is 0.121 e. The van der Waals surface area contributed by atoms with Crippen molar-refractivity contribution in [1.29, 1.82) is 0 Å². The molecule has 3 nitrogen and oxygen atoms in total. The van der Waals surface area contributed by atoms with Gasteiger partial charge < -0.3 is 9.30 Å². The van der Waals surface area contributed by atoms with Gasteiger partial charge in [0, 0.05) is 18.5 Å². The lowest BCUT2D eigenvalue weighted by Crippen LogP contribution is -2.04. The van der Waals surface area contributed by atoms with E-state index in [0.717, 1.165) is 30.7 Å². The van der Waals surface area contributed by atoms with Crippen LogP contribution in [0.5, 0.6) is 5.75 Å². The van der Waals surface area contributed by atoms with Gasteiger partial charge in [-0.2, -0.15) is 0 Å². The van der Waals surface area contributed by atoms with Crippen molar-refractivity contribution in [1.82, 2.24) is 9.55 Å². The molecule has 0 radical (unpaired) electrons. The molecule has 0 atom stereocenters. The molecule has 1 aromatic heterocycles. The second-order valence-corrected chi connectivity index (χ2v) is 6.34. The van der Waals surface area contributed by atoms with Gasteiger partial charge >= 0.3 is 0 Å². The van der Waals surface area contributed by atoms with E-state index in [2.05, 4.69) is 47.0 Å². The Morgan fingerprint density at radius 3 is 2.70 bits per heavy atom. The average molecular weight is 306 g/mol. The van der Waals surface area contributed by atoms with Crippen LogP contribution in [-0.4, -0.2) is 16.7 Å². The van der Waals surface area contributed by atoms with Crippen LogP contribution < -0.4 is 4.74 Å². The van der Waals surface area contributed by atoms with Crippen LogP contribution in [0.25, 0.3) is 11.0 Å². The summed E-state index contributed by atoms with van der Waals surface area (Å²) in [4.78, 5) is 4.89. The molecular weight excluding hydrogens is 284 g/mol. The van der Waals surface area contributed by atoms with Gasteiger partial charge in [-0.15, -0.1) is 0 Å². The normalized spacial score (nSPS) is 14.3. The van der Waals surface area contributed by atoms with Crippen molar-refractivity contribution < 1.29 is 4.74 Å². The van der Waals surface area contributed by atoms with Gasteiger partial charge in [-0.3, -0.25) is 0 Å². The minimum absolute atomic E-state index is 0.658. The Hall–Kier alpha value is -2.29. The lowest BCUT2D eigenvalue weighted by Gasteiger charge is -2.09. The summed E-state index contributed by atoms with van der Waals surface area (Å²) < 4.78 is 7.76. The number of nitrogens with zero attached hydrogens (tertiary/aromatic N) is 2. The molecule has 3 heteroatoms. The SMILES string of the molecule is COc1ccc2c(c1)nc(C1CC1)n2CCCc1ccccc1. The number of hydrogen-bond acceptors (Lipinski definition) is 2. The second-order valence-electron chi connectivity index (χ2n) is 6.34. The van der Waals surface area contributed by atoms with Crippen molar-refractivity contribution in [3.8, 4) is 5.75 Å². The number of methoxy groups -OCH3 is 1. The molecule has 1 aliphatic carbocycles. The molecule has 1 aliphatic rings. The smallest absolute Gasteiger partial charge is 0.121 e. The molecule has 0 aliphatic heterocycles. The van der Waals surface area contributed by atoms with Crippen LogP contribution in [-0.2, 0) is 13.0 Å². The molecule has 0 saturated heterocycles. The van der Waals surface area contributed by atoms with Gasteiger partial charge in [0.25, 0.3) is 0 Å². The van der Waals surface area contributed by atoms with Crippen LogP contribution in [0.4, 0.5) is 0 Å². The number of aromatic nitrogens is 2. The Kier molecular flexibility index (Phi) is 3.78. The quantitative estimate of drug-likeness (QED) is 0.668. The highest BCUT2D eigenvalue weighted by molar-refractivity contribution is 5.78. The highest BCUT2D eigenvalue weighted by Crippen LogP contribution is 2.41. The number of benzene rings is 2. The first-order valence-electron chi connectivity index (χ1n) is 8.43. The summed E-state index contributed by atoms with van der Waals surface area (Å²) in [7, 11) is 1.71. The third-order valence-corrected chi connectivity index (χ3v) is 4.62. The first kappa shape index (κ1) is 14.3. The van der Waals surface area contributed by atoms with Crippen LogP contribution >= 0.6 is 0 Å². The molecule has 0 N–H and O–H groups in total. The molecule has 0 spiro atoms. The molecule has 4 rings (SSSR count). The van der Waals surface area contributed by atoms with E-state index in [4.69, 9.17) is 9.72 Å². The Bertz CT molecular complexity index is 803. The number of ether oxygens (including phenoxy) is 1. The minimum atomic E-state index is 0.658. The van der Waals surface area contributed by atoms with Crippen molar-refractivity contribution in [3.05, 3.63) is 59.9 Å². The molecule has 1 saturated carbocycles. The summed E-state index contributed by atoms with van der Waals surface area (Å²) in [5.74, 6) is 2.81. The number of imidazole rings is 1. The molecule has 0 unspecified atom stereocenters. The zero-order chi connectivity index (χ0) is 15.6. The summed E-state index contributed by atoms with van der Waals surface area (Å²) in [5.41, 5.74) is 3.71. The van der Waals surface area contributed by atoms with Crippen LogP contribution in [0.2, 0.25) is 0 Å². The number of aryl methyl sites for hydroxylation is 2. The standard InChI is InChI=1S/C20H22N2O/c1-23-17-11-12-19-18(14-17)21-20(16-9-10-16)22(19)13-5-8-15-6-3-2-4-7-15/h2-4,6-7,11-12,14,16H,5,8-10,13H2,1H3. The van der Waals surface area contributed by atoms with Crippen molar-refractivity contribution in [2.75, 3.05) is 7.11 Å². The van der Waals surface area contributed by atoms with Gasteiger partial charge in [-0.05, 0) is 43.4 Å². The molecule has 3 aromatic rings. The molecule has 2 aromatic carbocycles. The number of rotatable bonds is 6. The van der Waals surface area contributed by atoms with Gasteiger partial charge in [0.1, 0.15) is 11.6 Å². The fourth-order valence-electron chi connectivity index (χ4n) is 3.23. The third-order valence-electron chi connectivity index (χ3n) is 4.62. The maximum absolute atomic E-state index is 5.34. The Labute approximate surface area is 136 Å². The Morgan fingerprint density at radius 1 is 1.13 bits per heavy atom. The van der Waals surface area contributed by atoms with Gasteiger partial charge in [0.05, 0.1) is 18.1 Å². The number of fused-ring (bicyclic) bond motifs is 1. The van der Waals surface area contributed by atoms with E-state index in [9.17, 15) is 0 Å². The fourth-order valence-corrected chi connectivity index (χ4v) is 3.23. The highest BCUT2D eigenvalue weighted by atomic mass is 16.5. The first-order valence-corrected chi connectivity index (χ1v) is 8.43. The van der Waals surface area contributed by atoms with Gasteiger partial charge in [-0.25, -0.2) is 4.98 Å². The fraction of sp³-hybridized carbons (Fsp3) is 0.350. The van der Waals surface area contributed by atoms with E-state index in [1.807, 2.05) is 6.07 Å². The predicted molar refractivity (Wildman–Crippen MR) is 93.0 cm³/mol. The van der Waals surface area contributed by atoms with Crippen molar-refractivity contribution in [3.63, 3.8) is 0 Å². The van der Waals surface area contributed by atoms with Crippen molar-refractivity contribution >= 4 is 11.0 Å². The monoisotopic (exact) mass is 306 g/mol. The predicted octanol–water partition coefficient (Wildman–Crippen LogP) is 4.56. The Balaban J connectivity index is 1.58. The molecule has 118 valence electrons. The average Bonchev–Trinajstić information content (AvgIpc) is 3.38. The van der Waals surface area contributed by atoms with Crippen molar-refractivity contribution in [2.45, 2.75) is 38.1 Å². The van der Waals surface area contributed by atoms with Gasteiger partial charge in [0.2, 0.25) is 0 Å². The lowest BCUT2D eigenvalue weighted by atomic mass is 10.1. The first-order chi connectivity index (χ1) is 11.3. The topological polar surface area (TPSA) is 27.1 Å². The Morgan fingerprint density at radius 2 is 1.96 bits per heavy atom. The van der Waals surface area contributed by atoms with Gasteiger partial charge in [-0.1, -0.05) is 30.3 Å². The minimum Gasteiger partial charge on any atom is -0.497 e. The van der Waals surface area contributed by atoms with Crippen LogP contribution in [0.15, 0.2) is 48.5 Å². The van der Waals surface area contributed by atoms with E-state index in [1.54, 1.807) is 7.11 Å². The van der Waals surface area contributed by atoms with E-state index >= 15 is 0 Å². The largest absolute Gasteiger partial charge is 0.497 e. The molecule has 23 heavy (non-hydrogen) atoms. The van der Waals surface area contributed by atoms with Crippen LogP contribution in [0.1, 0.15) is 36.6 Å². The van der Waals surface area contributed by atoms with Crippen molar-refractivity contribution in [2.24, 2.45) is 0 Å². The summed E-state index contributed by atoms with van der Waals surface area (Å²) in [5, 5.41) is 0. The molecule has 0 amide bonds. The van der Waals surface area contributed by atoms with E-state index in [0.29, 0.717) is 5.92 Å². The summed E-state index contributed by atoms with van der Waals surface area (Å²) >= 11 is 0. The summed E-state index contributed by atoms with van der Waals surface area (Å²) in [6.07, 6.45) is 4.81. The second kappa shape index (κ2) is 6.07. The molecule has 1 fully saturated rings. The molecule has 0 bridgehead atoms. The zero-order valence-electron chi connectivity index (χ0n) is 13.5. The lowest BCUT2D eigenvalue weighted by molar-refractivity contribution is 0.415. The molecular formula is C20H22N2O. The molecule has 1 heterocycles. The zero-order valence-corrected chi connectivity index (χ0v) is 13.5. The summed E-state index contributed by atoms with van der Waals surface area (Å²) in [6, 6.07) is 17.0. The van der Waals surface area contributed by atoms with E-state index in [1.165, 1.54) is 29.7 Å². The summed E-state index contributed by atoms with van der Waals surface area (Å²) in [6.45, 7) is 1.03. The van der Waals surface area contributed by atoms with E-state index in [-0.39, 0.29) is 0 Å². The third kappa shape index (κ3) is 2.96. The maximum atomic E-state index is 5.34. The highest BCUT2D eigenvalue weighted by Gasteiger charge is 2.29.